The maximum atomic E-state index is 12.4. The first-order chi connectivity index (χ1) is 14.2. The molecule has 0 aliphatic carbocycles. The Hall–Kier alpha value is -0.570. The summed E-state index contributed by atoms with van der Waals surface area (Å²) in [6.07, 6.45) is 22.1. The number of aliphatic hydroxyl groups is 1. The molecule has 0 bridgehead atoms. The molecule has 1 amide bonds. The van der Waals surface area contributed by atoms with Gasteiger partial charge in [-0.2, -0.15) is 0 Å². The van der Waals surface area contributed by atoms with E-state index >= 15 is 0 Å². The topological polar surface area (TPSA) is 40.5 Å². The van der Waals surface area contributed by atoms with E-state index in [1.165, 1.54) is 70.6 Å². The number of hydrogen-bond acceptors (Lipinski definition) is 2. The van der Waals surface area contributed by atoms with E-state index < -0.39 is 0 Å². The zero-order valence-electron chi connectivity index (χ0n) is 20.2. The summed E-state index contributed by atoms with van der Waals surface area (Å²) in [4.78, 5) is 14.5. The van der Waals surface area contributed by atoms with Crippen LogP contribution in [0.3, 0.4) is 0 Å². The fourth-order valence-electron chi connectivity index (χ4n) is 3.89. The zero-order valence-corrected chi connectivity index (χ0v) is 20.2. The normalized spacial score (nSPS) is 12.3. The first-order valence-electron chi connectivity index (χ1n) is 13.1. The van der Waals surface area contributed by atoms with E-state index in [4.69, 9.17) is 0 Å². The minimum atomic E-state index is -0.0707. The molecule has 0 saturated carbocycles. The van der Waals surface area contributed by atoms with Crippen LogP contribution in [0.2, 0.25) is 0 Å². The van der Waals surface area contributed by atoms with Crippen LogP contribution in [0, 0.1) is 0 Å². The van der Waals surface area contributed by atoms with Crippen molar-refractivity contribution >= 4 is 5.91 Å². The maximum absolute atomic E-state index is 12.4. The van der Waals surface area contributed by atoms with E-state index in [9.17, 15) is 9.90 Å². The number of rotatable bonds is 22. The molecule has 174 valence electrons. The van der Waals surface area contributed by atoms with Gasteiger partial charge in [0.1, 0.15) is 0 Å². The molecular formula is C26H53NO2. The lowest BCUT2D eigenvalue weighted by atomic mass is 10.0. The molecule has 0 radical (unpaired) electrons. The molecule has 1 atom stereocenters. The molecule has 3 nitrogen and oxygen atoms in total. The molecule has 29 heavy (non-hydrogen) atoms. The van der Waals surface area contributed by atoms with Crippen LogP contribution in [0.15, 0.2) is 0 Å². The fourth-order valence-corrected chi connectivity index (χ4v) is 3.89. The Labute approximate surface area is 183 Å². The van der Waals surface area contributed by atoms with Crippen molar-refractivity contribution < 1.29 is 9.90 Å². The van der Waals surface area contributed by atoms with Gasteiger partial charge < -0.3 is 10.0 Å². The van der Waals surface area contributed by atoms with Crippen LogP contribution in [0.4, 0.5) is 0 Å². The van der Waals surface area contributed by atoms with Crippen molar-refractivity contribution in [3.8, 4) is 0 Å². The Bertz CT molecular complexity index is 338. The largest absolute Gasteiger partial charge is 0.393 e. The second kappa shape index (κ2) is 22.1. The quantitative estimate of drug-likeness (QED) is 0.186. The number of hydrogen-bond donors (Lipinski definition) is 1. The SMILES string of the molecule is CCCCCCC(O)CCCCCCCCCCC(=O)N(CCCC)CCCC. The van der Waals surface area contributed by atoms with Gasteiger partial charge in [-0.25, -0.2) is 0 Å². The molecule has 0 aromatic heterocycles. The van der Waals surface area contributed by atoms with E-state index in [1.807, 2.05) is 0 Å². The Kier molecular flexibility index (Phi) is 21.7. The summed E-state index contributed by atoms with van der Waals surface area (Å²) in [6.45, 7) is 8.51. The van der Waals surface area contributed by atoms with Crippen molar-refractivity contribution in [3.63, 3.8) is 0 Å². The summed E-state index contributed by atoms with van der Waals surface area (Å²) >= 11 is 0. The van der Waals surface area contributed by atoms with Crippen molar-refractivity contribution in [2.24, 2.45) is 0 Å². The van der Waals surface area contributed by atoms with Gasteiger partial charge in [-0.3, -0.25) is 4.79 Å². The Morgan fingerprint density at radius 2 is 1.03 bits per heavy atom. The molecule has 0 fully saturated rings. The number of carbonyl (C=O) groups excluding carboxylic acids is 1. The highest BCUT2D eigenvalue weighted by Gasteiger charge is 2.11. The molecule has 0 saturated heterocycles. The van der Waals surface area contributed by atoms with Crippen molar-refractivity contribution in [1.29, 1.82) is 0 Å². The molecule has 1 unspecified atom stereocenters. The standard InChI is InChI=1S/C26H53NO2/c1-4-7-10-17-20-25(28)21-18-15-13-11-12-14-16-19-22-26(29)27(23-8-5-2)24-9-6-3/h25,28H,4-24H2,1-3H3. The van der Waals surface area contributed by atoms with E-state index in [0.717, 1.165) is 64.5 Å². The Balaban J connectivity index is 3.51. The van der Waals surface area contributed by atoms with Crippen LogP contribution in [0.1, 0.15) is 143 Å². The van der Waals surface area contributed by atoms with Crippen molar-refractivity contribution in [3.05, 3.63) is 0 Å². The second-order valence-corrected chi connectivity index (χ2v) is 8.96. The molecule has 0 aliphatic heterocycles. The van der Waals surface area contributed by atoms with E-state index in [0.29, 0.717) is 5.91 Å². The monoisotopic (exact) mass is 411 g/mol. The first-order valence-corrected chi connectivity index (χ1v) is 13.1. The molecule has 0 aromatic carbocycles. The first kappa shape index (κ1) is 28.4. The van der Waals surface area contributed by atoms with Crippen LogP contribution in [-0.2, 0) is 4.79 Å². The Morgan fingerprint density at radius 3 is 1.52 bits per heavy atom. The van der Waals surface area contributed by atoms with Gasteiger partial charge in [0.05, 0.1) is 6.10 Å². The minimum Gasteiger partial charge on any atom is -0.393 e. The third kappa shape index (κ3) is 19.2. The predicted octanol–water partition coefficient (Wildman–Crippen LogP) is 7.65. The average Bonchev–Trinajstić information content (AvgIpc) is 2.72. The number of unbranched alkanes of at least 4 members (excludes halogenated alkanes) is 12. The van der Waals surface area contributed by atoms with E-state index in [2.05, 4.69) is 25.7 Å². The van der Waals surface area contributed by atoms with Gasteiger partial charge in [0.2, 0.25) is 5.91 Å². The van der Waals surface area contributed by atoms with Crippen LogP contribution >= 0.6 is 0 Å². The molecule has 0 aliphatic rings. The summed E-state index contributed by atoms with van der Waals surface area (Å²) in [6, 6.07) is 0. The smallest absolute Gasteiger partial charge is 0.222 e. The van der Waals surface area contributed by atoms with Crippen LogP contribution in [0.25, 0.3) is 0 Å². The summed E-state index contributed by atoms with van der Waals surface area (Å²) in [5.41, 5.74) is 0. The lowest BCUT2D eigenvalue weighted by Gasteiger charge is -2.22. The Morgan fingerprint density at radius 1 is 0.621 bits per heavy atom. The number of amides is 1. The summed E-state index contributed by atoms with van der Waals surface area (Å²) < 4.78 is 0. The molecule has 1 N–H and O–H groups in total. The van der Waals surface area contributed by atoms with Crippen LogP contribution in [0.5, 0.6) is 0 Å². The highest BCUT2D eigenvalue weighted by atomic mass is 16.3. The summed E-state index contributed by atoms with van der Waals surface area (Å²) in [7, 11) is 0. The second-order valence-electron chi connectivity index (χ2n) is 8.96. The van der Waals surface area contributed by atoms with Gasteiger partial charge in [-0.15, -0.1) is 0 Å². The molecule has 0 aromatic rings. The number of aliphatic hydroxyl groups excluding tert-OH is 1. The maximum Gasteiger partial charge on any atom is 0.222 e. The number of carbonyl (C=O) groups is 1. The van der Waals surface area contributed by atoms with Gasteiger partial charge in [-0.05, 0) is 32.1 Å². The third-order valence-electron chi connectivity index (χ3n) is 5.98. The van der Waals surface area contributed by atoms with Crippen molar-refractivity contribution in [2.75, 3.05) is 13.1 Å². The minimum absolute atomic E-state index is 0.0707. The summed E-state index contributed by atoms with van der Waals surface area (Å²) in [5.74, 6) is 0.375. The predicted molar refractivity (Wildman–Crippen MR) is 127 cm³/mol. The van der Waals surface area contributed by atoms with Gasteiger partial charge in [0, 0.05) is 19.5 Å². The lowest BCUT2D eigenvalue weighted by molar-refractivity contribution is -0.131. The highest BCUT2D eigenvalue weighted by Crippen LogP contribution is 2.14. The zero-order chi connectivity index (χ0) is 21.6. The van der Waals surface area contributed by atoms with E-state index in [1.54, 1.807) is 0 Å². The highest BCUT2D eigenvalue weighted by molar-refractivity contribution is 5.76. The van der Waals surface area contributed by atoms with Gasteiger partial charge in [0.25, 0.3) is 0 Å². The molecule has 0 heterocycles. The number of nitrogens with zero attached hydrogens (tertiary/aromatic N) is 1. The summed E-state index contributed by atoms with van der Waals surface area (Å²) in [5, 5.41) is 10.00. The van der Waals surface area contributed by atoms with Gasteiger partial charge in [-0.1, -0.05) is 104 Å². The third-order valence-corrected chi connectivity index (χ3v) is 5.98. The van der Waals surface area contributed by atoms with E-state index in [-0.39, 0.29) is 6.10 Å². The van der Waals surface area contributed by atoms with Crippen molar-refractivity contribution in [2.45, 2.75) is 149 Å². The molecule has 0 spiro atoms. The molecular weight excluding hydrogens is 358 g/mol. The van der Waals surface area contributed by atoms with Crippen molar-refractivity contribution in [1.82, 2.24) is 4.90 Å². The van der Waals surface area contributed by atoms with Gasteiger partial charge >= 0.3 is 0 Å². The lowest BCUT2D eigenvalue weighted by Crippen LogP contribution is -2.32. The van der Waals surface area contributed by atoms with Crippen LogP contribution < -0.4 is 0 Å². The van der Waals surface area contributed by atoms with Crippen LogP contribution in [-0.4, -0.2) is 35.1 Å². The average molecular weight is 412 g/mol. The fraction of sp³-hybridized carbons (Fsp3) is 0.962. The molecule has 3 heteroatoms. The van der Waals surface area contributed by atoms with Gasteiger partial charge in [0.15, 0.2) is 0 Å². The molecule has 0 rings (SSSR count).